The van der Waals surface area contributed by atoms with E-state index >= 15 is 0 Å². The lowest BCUT2D eigenvalue weighted by Crippen LogP contribution is -3.06. The van der Waals surface area contributed by atoms with Crippen molar-refractivity contribution in [2.75, 3.05) is 7.05 Å². The molecule has 4 aromatic rings. The number of benzene rings is 2. The molecule has 0 saturated carbocycles. The third-order valence-corrected chi connectivity index (χ3v) is 5.62. The molecule has 26 heavy (non-hydrogen) atoms. The van der Waals surface area contributed by atoms with Crippen molar-refractivity contribution in [1.82, 2.24) is 4.98 Å². The van der Waals surface area contributed by atoms with Gasteiger partial charge in [0.2, 0.25) is 0 Å². The fourth-order valence-electron chi connectivity index (χ4n) is 3.28. The molecule has 5 heteroatoms. The van der Waals surface area contributed by atoms with Crippen molar-refractivity contribution in [3.05, 3.63) is 75.1 Å². The van der Waals surface area contributed by atoms with Crippen molar-refractivity contribution >= 4 is 32.5 Å². The Morgan fingerprint density at radius 2 is 1.96 bits per heavy atom. The highest BCUT2D eigenvalue weighted by Crippen LogP contribution is 2.21. The normalized spacial score (nSPS) is 12.7. The maximum absolute atomic E-state index is 12.0. The molecule has 2 heterocycles. The number of hydrogen-bond donors (Lipinski definition) is 1. The highest BCUT2D eigenvalue weighted by atomic mass is 32.1. The molecule has 0 aliphatic rings. The summed E-state index contributed by atoms with van der Waals surface area (Å²) in [6.07, 6.45) is 0.923. The summed E-state index contributed by atoms with van der Waals surface area (Å²) in [6, 6.07) is 16.0. The fourth-order valence-corrected chi connectivity index (χ4v) is 4.36. The third kappa shape index (κ3) is 3.41. The Morgan fingerprint density at radius 1 is 1.12 bits per heavy atom. The predicted octanol–water partition coefficient (Wildman–Crippen LogP) is 3.18. The Bertz CT molecular complexity index is 1100. The number of para-hydroxylation sites is 1. The van der Waals surface area contributed by atoms with Crippen molar-refractivity contribution in [3.8, 4) is 0 Å². The Labute approximate surface area is 155 Å². The zero-order valence-electron chi connectivity index (χ0n) is 14.9. The second-order valence-corrected chi connectivity index (χ2v) is 7.78. The van der Waals surface area contributed by atoms with Crippen LogP contribution in [0.3, 0.4) is 0 Å². The van der Waals surface area contributed by atoms with Gasteiger partial charge in [0.15, 0.2) is 0 Å². The Balaban J connectivity index is 1.60. The monoisotopic (exact) mass is 365 g/mol. The largest absolute Gasteiger partial charge is 0.423 e. The minimum atomic E-state index is -0.284. The van der Waals surface area contributed by atoms with Crippen LogP contribution in [0.2, 0.25) is 0 Å². The van der Waals surface area contributed by atoms with Crippen LogP contribution in [-0.4, -0.2) is 12.0 Å². The van der Waals surface area contributed by atoms with E-state index in [4.69, 9.17) is 9.40 Å². The average molecular weight is 365 g/mol. The summed E-state index contributed by atoms with van der Waals surface area (Å²) in [5.41, 5.74) is 3.65. The van der Waals surface area contributed by atoms with Gasteiger partial charge in [-0.1, -0.05) is 31.2 Å². The van der Waals surface area contributed by atoms with Crippen molar-refractivity contribution in [3.63, 3.8) is 0 Å². The van der Waals surface area contributed by atoms with Gasteiger partial charge in [0.25, 0.3) is 0 Å². The quantitative estimate of drug-likeness (QED) is 0.553. The van der Waals surface area contributed by atoms with Crippen LogP contribution in [0, 0.1) is 0 Å². The molecule has 0 bridgehead atoms. The smallest absolute Gasteiger partial charge is 0.336 e. The number of quaternary nitrogens is 1. The molecule has 0 spiro atoms. The van der Waals surface area contributed by atoms with Crippen LogP contribution in [0.4, 0.5) is 0 Å². The van der Waals surface area contributed by atoms with Gasteiger partial charge < -0.3 is 9.32 Å². The second-order valence-electron chi connectivity index (χ2n) is 6.66. The van der Waals surface area contributed by atoms with Crippen molar-refractivity contribution < 1.29 is 9.32 Å². The number of aryl methyl sites for hydroxylation is 1. The SMILES string of the molecule is CCc1ccc2c(C[NH+](C)Cc3nc4ccccc4s3)cc(=O)oc2c1. The minimum absolute atomic E-state index is 0.284. The Morgan fingerprint density at radius 3 is 2.77 bits per heavy atom. The predicted molar refractivity (Wildman–Crippen MR) is 106 cm³/mol. The summed E-state index contributed by atoms with van der Waals surface area (Å²) in [7, 11) is 2.13. The molecule has 2 aromatic heterocycles. The van der Waals surface area contributed by atoms with Gasteiger partial charge in [-0.2, -0.15) is 0 Å². The van der Waals surface area contributed by atoms with Crippen LogP contribution >= 0.6 is 11.3 Å². The first-order valence-electron chi connectivity index (χ1n) is 8.84. The summed E-state index contributed by atoms with van der Waals surface area (Å²) in [5, 5.41) is 2.13. The van der Waals surface area contributed by atoms with E-state index in [9.17, 15) is 4.79 Å². The van der Waals surface area contributed by atoms with Crippen molar-refractivity contribution in [1.29, 1.82) is 0 Å². The zero-order valence-corrected chi connectivity index (χ0v) is 15.7. The summed E-state index contributed by atoms with van der Waals surface area (Å²) in [6.45, 7) is 3.68. The van der Waals surface area contributed by atoms with Gasteiger partial charge in [0, 0.05) is 17.0 Å². The number of thiazole rings is 1. The molecular formula is C21H21N2O2S+. The molecule has 0 aliphatic heterocycles. The number of nitrogens with zero attached hydrogens (tertiary/aromatic N) is 1. The van der Waals surface area contributed by atoms with Crippen molar-refractivity contribution in [2.24, 2.45) is 0 Å². The first kappa shape index (κ1) is 16.9. The zero-order chi connectivity index (χ0) is 18.1. The third-order valence-electron chi connectivity index (χ3n) is 4.59. The van der Waals surface area contributed by atoms with Gasteiger partial charge >= 0.3 is 5.63 Å². The molecule has 1 unspecified atom stereocenters. The molecule has 4 nitrogen and oxygen atoms in total. The Hall–Kier alpha value is -2.50. The van der Waals surface area contributed by atoms with E-state index in [0.717, 1.165) is 41.0 Å². The van der Waals surface area contributed by atoms with Crippen molar-refractivity contribution in [2.45, 2.75) is 26.4 Å². The highest BCUT2D eigenvalue weighted by Gasteiger charge is 2.13. The second kappa shape index (κ2) is 7.02. The molecule has 4 rings (SSSR count). The number of fused-ring (bicyclic) bond motifs is 2. The first-order valence-corrected chi connectivity index (χ1v) is 9.65. The lowest BCUT2D eigenvalue weighted by atomic mass is 10.1. The molecule has 0 aliphatic carbocycles. The molecule has 1 atom stereocenters. The van der Waals surface area contributed by atoms with Crippen LogP contribution in [-0.2, 0) is 19.5 Å². The summed E-state index contributed by atoms with van der Waals surface area (Å²) in [4.78, 5) is 18.0. The molecule has 0 radical (unpaired) electrons. The molecule has 2 aromatic carbocycles. The van der Waals surface area contributed by atoms with Gasteiger partial charge in [0.05, 0.1) is 17.3 Å². The molecule has 0 saturated heterocycles. The molecule has 132 valence electrons. The number of nitrogens with one attached hydrogen (secondary N) is 1. The number of hydrogen-bond acceptors (Lipinski definition) is 4. The van der Waals surface area contributed by atoms with Gasteiger partial charge in [0.1, 0.15) is 23.7 Å². The summed E-state index contributed by atoms with van der Waals surface area (Å²) < 4.78 is 6.63. The summed E-state index contributed by atoms with van der Waals surface area (Å²) in [5.74, 6) is 0. The maximum Gasteiger partial charge on any atom is 0.336 e. The van der Waals surface area contributed by atoms with Crippen LogP contribution in [0.1, 0.15) is 23.1 Å². The molecular weight excluding hydrogens is 344 g/mol. The molecule has 0 fully saturated rings. The maximum atomic E-state index is 12.0. The van der Waals surface area contributed by atoms with E-state index < -0.39 is 0 Å². The minimum Gasteiger partial charge on any atom is -0.423 e. The fraction of sp³-hybridized carbons (Fsp3) is 0.238. The van der Waals surface area contributed by atoms with Crippen LogP contribution in [0.5, 0.6) is 0 Å². The Kier molecular flexibility index (Phi) is 4.57. The number of rotatable bonds is 5. The van der Waals surface area contributed by atoms with Gasteiger partial charge in [-0.15, -0.1) is 11.3 Å². The van der Waals surface area contributed by atoms with Crippen LogP contribution in [0.25, 0.3) is 21.2 Å². The molecule has 0 amide bonds. The van der Waals surface area contributed by atoms with E-state index in [2.05, 4.69) is 32.2 Å². The lowest BCUT2D eigenvalue weighted by Gasteiger charge is -2.13. The summed E-state index contributed by atoms with van der Waals surface area (Å²) >= 11 is 1.74. The molecule has 1 N–H and O–H groups in total. The highest BCUT2D eigenvalue weighted by molar-refractivity contribution is 7.18. The average Bonchev–Trinajstić information content (AvgIpc) is 3.02. The van der Waals surface area contributed by atoms with Crippen LogP contribution < -0.4 is 10.5 Å². The lowest BCUT2D eigenvalue weighted by molar-refractivity contribution is -0.907. The first-order chi connectivity index (χ1) is 12.6. The topological polar surface area (TPSA) is 47.5 Å². The van der Waals surface area contributed by atoms with E-state index in [1.807, 2.05) is 24.3 Å². The van der Waals surface area contributed by atoms with E-state index in [0.29, 0.717) is 5.58 Å². The standard InChI is InChI=1S/C21H20N2O2S/c1-3-14-8-9-16-15(11-21(24)25-18(16)10-14)12-23(2)13-20-22-17-6-4-5-7-19(17)26-20/h4-11H,3,12-13H2,1-2H3/p+1. The number of aromatic nitrogens is 1. The van der Waals surface area contributed by atoms with Gasteiger partial charge in [-0.3, -0.25) is 0 Å². The van der Waals surface area contributed by atoms with E-state index in [-0.39, 0.29) is 5.63 Å². The van der Waals surface area contributed by atoms with Gasteiger partial charge in [-0.05, 0) is 30.2 Å². The van der Waals surface area contributed by atoms with Gasteiger partial charge in [-0.25, -0.2) is 9.78 Å². The van der Waals surface area contributed by atoms with E-state index in [1.165, 1.54) is 15.2 Å². The van der Waals surface area contributed by atoms with E-state index in [1.54, 1.807) is 17.4 Å². The van der Waals surface area contributed by atoms with Crippen LogP contribution in [0.15, 0.2) is 57.7 Å².